The molecule has 0 saturated carbocycles. The van der Waals surface area contributed by atoms with Gasteiger partial charge in [0.2, 0.25) is 0 Å². The van der Waals surface area contributed by atoms with E-state index in [9.17, 15) is 5.11 Å². The van der Waals surface area contributed by atoms with E-state index < -0.39 is 0 Å². The van der Waals surface area contributed by atoms with E-state index in [-0.39, 0.29) is 12.0 Å². The second-order valence-electron chi connectivity index (χ2n) is 5.94. The molecule has 0 aliphatic carbocycles. The van der Waals surface area contributed by atoms with Gasteiger partial charge in [-0.3, -0.25) is 0 Å². The van der Waals surface area contributed by atoms with Crippen molar-refractivity contribution in [2.45, 2.75) is 39.0 Å². The fourth-order valence-corrected chi connectivity index (χ4v) is 2.61. The molecule has 0 fully saturated rings. The summed E-state index contributed by atoms with van der Waals surface area (Å²) in [5.41, 5.74) is 4.86. The Hall–Kier alpha value is -1.60. The summed E-state index contributed by atoms with van der Waals surface area (Å²) in [6, 6.07) is 17.2. The highest BCUT2D eigenvalue weighted by Gasteiger charge is 2.26. The Bertz CT molecular complexity index is 556. The number of hydrogen-bond acceptors (Lipinski definition) is 1. The first-order valence-electron chi connectivity index (χ1n) is 7.33. The van der Waals surface area contributed by atoms with Gasteiger partial charge in [0, 0.05) is 5.41 Å². The molecule has 0 aromatic heterocycles. The topological polar surface area (TPSA) is 20.2 Å². The number of aliphatic hydroxyl groups is 1. The molecule has 0 heterocycles. The van der Waals surface area contributed by atoms with Crippen molar-refractivity contribution < 1.29 is 5.11 Å². The van der Waals surface area contributed by atoms with Crippen LogP contribution in [0.2, 0.25) is 0 Å². The van der Waals surface area contributed by atoms with Gasteiger partial charge in [0.25, 0.3) is 0 Å². The number of benzene rings is 2. The third-order valence-corrected chi connectivity index (χ3v) is 4.09. The van der Waals surface area contributed by atoms with Gasteiger partial charge in [-0.15, -0.1) is 0 Å². The molecule has 0 amide bonds. The van der Waals surface area contributed by atoms with E-state index in [0.717, 1.165) is 12.8 Å². The maximum Gasteiger partial charge on any atom is 0.0528 e. The summed E-state index contributed by atoms with van der Waals surface area (Å²) in [4.78, 5) is 0. The molecule has 0 saturated heterocycles. The normalized spacial score (nSPS) is 14.0. The Balaban J connectivity index is 2.26. The van der Waals surface area contributed by atoms with Crippen LogP contribution in [0.4, 0.5) is 0 Å². The zero-order chi connectivity index (χ0) is 14.6. The monoisotopic (exact) mass is 268 g/mol. The molecule has 2 aromatic rings. The Kier molecular flexibility index (Phi) is 4.61. The van der Waals surface area contributed by atoms with Crippen molar-refractivity contribution >= 4 is 0 Å². The minimum Gasteiger partial charge on any atom is -0.395 e. The summed E-state index contributed by atoms with van der Waals surface area (Å²) in [7, 11) is 0. The van der Waals surface area contributed by atoms with Crippen molar-refractivity contribution in [2.24, 2.45) is 0 Å². The molecular weight excluding hydrogens is 244 g/mol. The molecule has 106 valence electrons. The molecule has 0 bridgehead atoms. The van der Waals surface area contributed by atoms with E-state index >= 15 is 0 Å². The van der Waals surface area contributed by atoms with Gasteiger partial charge in [-0.25, -0.2) is 0 Å². The Morgan fingerprint density at radius 3 is 2.20 bits per heavy atom. The lowest BCUT2D eigenvalue weighted by Gasteiger charge is -2.28. The number of hydrogen-bond donors (Lipinski definition) is 1. The molecule has 2 rings (SSSR count). The minimum absolute atomic E-state index is 0.159. The molecule has 1 nitrogen and oxygen atoms in total. The van der Waals surface area contributed by atoms with Crippen LogP contribution in [0, 0.1) is 6.92 Å². The Morgan fingerprint density at radius 1 is 1.00 bits per heavy atom. The number of aryl methyl sites for hydroxylation is 2. The van der Waals surface area contributed by atoms with Crippen molar-refractivity contribution in [1.82, 2.24) is 0 Å². The van der Waals surface area contributed by atoms with Crippen molar-refractivity contribution in [3.63, 3.8) is 0 Å². The SMILES string of the molecule is CCc1ccc(CC(C)(CO)c2cccc(C)c2)cc1. The Morgan fingerprint density at radius 2 is 1.65 bits per heavy atom. The number of rotatable bonds is 5. The van der Waals surface area contributed by atoms with Crippen molar-refractivity contribution in [3.05, 3.63) is 70.8 Å². The van der Waals surface area contributed by atoms with Gasteiger partial charge in [0.15, 0.2) is 0 Å². The lowest BCUT2D eigenvalue weighted by Crippen LogP contribution is -2.29. The van der Waals surface area contributed by atoms with Gasteiger partial charge in [-0.1, -0.05) is 67.9 Å². The van der Waals surface area contributed by atoms with Crippen LogP contribution >= 0.6 is 0 Å². The van der Waals surface area contributed by atoms with Gasteiger partial charge in [-0.2, -0.15) is 0 Å². The van der Waals surface area contributed by atoms with Crippen LogP contribution < -0.4 is 0 Å². The summed E-state index contributed by atoms with van der Waals surface area (Å²) < 4.78 is 0. The van der Waals surface area contributed by atoms with Gasteiger partial charge >= 0.3 is 0 Å². The maximum atomic E-state index is 9.89. The second kappa shape index (κ2) is 6.23. The van der Waals surface area contributed by atoms with E-state index in [2.05, 4.69) is 69.3 Å². The first kappa shape index (κ1) is 14.8. The highest BCUT2D eigenvalue weighted by atomic mass is 16.3. The maximum absolute atomic E-state index is 9.89. The first-order valence-corrected chi connectivity index (χ1v) is 7.33. The summed E-state index contributed by atoms with van der Waals surface area (Å²) in [6.45, 7) is 6.55. The Labute approximate surface area is 122 Å². The average Bonchev–Trinajstić information content (AvgIpc) is 2.48. The molecule has 1 N–H and O–H groups in total. The lowest BCUT2D eigenvalue weighted by atomic mass is 9.77. The highest BCUT2D eigenvalue weighted by Crippen LogP contribution is 2.28. The smallest absolute Gasteiger partial charge is 0.0528 e. The van der Waals surface area contributed by atoms with Crippen LogP contribution in [-0.4, -0.2) is 11.7 Å². The van der Waals surface area contributed by atoms with Crippen LogP contribution in [0.25, 0.3) is 0 Å². The second-order valence-corrected chi connectivity index (χ2v) is 5.94. The minimum atomic E-state index is -0.222. The van der Waals surface area contributed by atoms with Crippen molar-refractivity contribution in [3.8, 4) is 0 Å². The fraction of sp³-hybridized carbons (Fsp3) is 0.368. The third-order valence-electron chi connectivity index (χ3n) is 4.09. The van der Waals surface area contributed by atoms with Gasteiger partial charge in [0.05, 0.1) is 6.61 Å². The average molecular weight is 268 g/mol. The zero-order valence-corrected chi connectivity index (χ0v) is 12.7. The number of aliphatic hydroxyl groups excluding tert-OH is 1. The van der Waals surface area contributed by atoms with Crippen LogP contribution in [-0.2, 0) is 18.3 Å². The molecular formula is C19H24O. The fourth-order valence-electron chi connectivity index (χ4n) is 2.61. The summed E-state index contributed by atoms with van der Waals surface area (Å²) in [6.07, 6.45) is 1.92. The summed E-state index contributed by atoms with van der Waals surface area (Å²) in [5, 5.41) is 9.89. The summed E-state index contributed by atoms with van der Waals surface area (Å²) in [5.74, 6) is 0. The molecule has 20 heavy (non-hydrogen) atoms. The highest BCUT2D eigenvalue weighted by molar-refractivity contribution is 5.33. The van der Waals surface area contributed by atoms with E-state index in [4.69, 9.17) is 0 Å². The molecule has 1 atom stereocenters. The molecule has 1 unspecified atom stereocenters. The van der Waals surface area contributed by atoms with E-state index in [0.29, 0.717) is 0 Å². The van der Waals surface area contributed by atoms with Crippen LogP contribution in [0.5, 0.6) is 0 Å². The van der Waals surface area contributed by atoms with E-state index in [1.54, 1.807) is 0 Å². The third kappa shape index (κ3) is 3.29. The lowest BCUT2D eigenvalue weighted by molar-refractivity contribution is 0.204. The largest absolute Gasteiger partial charge is 0.395 e. The zero-order valence-electron chi connectivity index (χ0n) is 12.7. The van der Waals surface area contributed by atoms with Gasteiger partial charge in [-0.05, 0) is 36.5 Å². The molecule has 1 heteroatoms. The van der Waals surface area contributed by atoms with Crippen molar-refractivity contribution in [2.75, 3.05) is 6.61 Å². The molecule has 0 aliphatic heterocycles. The summed E-state index contributed by atoms with van der Waals surface area (Å²) >= 11 is 0. The first-order chi connectivity index (χ1) is 9.57. The van der Waals surface area contributed by atoms with Crippen LogP contribution in [0.1, 0.15) is 36.1 Å². The predicted octanol–water partition coefficient (Wildman–Crippen LogP) is 4.05. The standard InChI is InChI=1S/C19H24O/c1-4-16-8-10-17(11-9-16)13-19(3,14-20)18-7-5-6-15(2)12-18/h5-12,20H,4,13-14H2,1-3H3. The van der Waals surface area contributed by atoms with Crippen molar-refractivity contribution in [1.29, 1.82) is 0 Å². The van der Waals surface area contributed by atoms with E-state index in [1.165, 1.54) is 22.3 Å². The predicted molar refractivity (Wildman–Crippen MR) is 85.1 cm³/mol. The van der Waals surface area contributed by atoms with Crippen LogP contribution in [0.3, 0.4) is 0 Å². The van der Waals surface area contributed by atoms with Gasteiger partial charge < -0.3 is 5.11 Å². The molecule has 0 aliphatic rings. The molecule has 0 spiro atoms. The van der Waals surface area contributed by atoms with Crippen LogP contribution in [0.15, 0.2) is 48.5 Å². The van der Waals surface area contributed by atoms with Gasteiger partial charge in [0.1, 0.15) is 0 Å². The quantitative estimate of drug-likeness (QED) is 0.867. The molecule has 2 aromatic carbocycles. The molecule has 0 radical (unpaired) electrons. The van der Waals surface area contributed by atoms with E-state index in [1.807, 2.05) is 0 Å².